The third-order valence-electron chi connectivity index (χ3n) is 4.49. The number of nitrogens with zero attached hydrogens (tertiary/aromatic N) is 3. The van der Waals surface area contributed by atoms with Gasteiger partial charge in [-0.1, -0.05) is 0 Å². The SMILES string of the molecule is C[C@]1(O)C(n2cc3c4c(ncnc42)NCC(=O)N3)O[C@H](CO)[C@H]1O. The molecule has 2 aliphatic rings. The van der Waals surface area contributed by atoms with Crippen molar-refractivity contribution in [3.63, 3.8) is 0 Å². The van der Waals surface area contributed by atoms with Crippen molar-refractivity contribution in [1.29, 1.82) is 0 Å². The molecular formula is C14H17N5O5. The zero-order valence-corrected chi connectivity index (χ0v) is 12.8. The molecule has 0 spiro atoms. The quantitative estimate of drug-likeness (QED) is 0.460. The van der Waals surface area contributed by atoms with E-state index in [1.165, 1.54) is 17.8 Å². The fourth-order valence-corrected chi connectivity index (χ4v) is 3.24. The molecule has 2 aromatic heterocycles. The average Bonchev–Trinajstić information content (AvgIpc) is 2.95. The maximum absolute atomic E-state index is 11.8. The third kappa shape index (κ3) is 2.01. The molecule has 1 fully saturated rings. The zero-order chi connectivity index (χ0) is 17.1. The van der Waals surface area contributed by atoms with Gasteiger partial charge in [0.05, 0.1) is 24.2 Å². The van der Waals surface area contributed by atoms with Crippen LogP contribution >= 0.6 is 0 Å². The van der Waals surface area contributed by atoms with Gasteiger partial charge in [-0.3, -0.25) is 4.79 Å². The smallest absolute Gasteiger partial charge is 0.243 e. The standard InChI is InChI=1S/C14H17N5O5/c1-14(23)10(22)7(4-20)24-13(14)19-3-6-9-11(15-2-8(21)18-6)16-5-17-12(9)19/h3,5,7,10,13,20,22-23H,2,4H2,1H3,(H,18,21)(H,15,16,17)/t7-,10-,13?,14-/m1/s1. The molecule has 10 heteroatoms. The van der Waals surface area contributed by atoms with Crippen LogP contribution in [0.5, 0.6) is 0 Å². The van der Waals surface area contributed by atoms with E-state index in [9.17, 15) is 20.1 Å². The Morgan fingerprint density at radius 2 is 2.29 bits per heavy atom. The molecule has 5 N–H and O–H groups in total. The highest BCUT2D eigenvalue weighted by Crippen LogP contribution is 2.42. The van der Waals surface area contributed by atoms with E-state index in [1.807, 2.05) is 0 Å². The number of carbonyl (C=O) groups excluding carboxylic acids is 1. The van der Waals surface area contributed by atoms with E-state index in [0.717, 1.165) is 0 Å². The van der Waals surface area contributed by atoms with Gasteiger partial charge in [0.1, 0.15) is 35.6 Å². The zero-order valence-electron chi connectivity index (χ0n) is 12.8. The van der Waals surface area contributed by atoms with Crippen LogP contribution in [0.1, 0.15) is 13.2 Å². The molecule has 0 bridgehead atoms. The molecule has 1 unspecified atom stereocenters. The van der Waals surface area contributed by atoms with Crippen LogP contribution in [0.3, 0.4) is 0 Å². The molecule has 10 nitrogen and oxygen atoms in total. The maximum atomic E-state index is 11.8. The number of carbonyl (C=O) groups is 1. The van der Waals surface area contributed by atoms with Gasteiger partial charge in [-0.05, 0) is 6.92 Å². The number of hydrogen-bond acceptors (Lipinski definition) is 8. The van der Waals surface area contributed by atoms with Crippen LogP contribution in [0.4, 0.5) is 11.5 Å². The lowest BCUT2D eigenvalue weighted by Gasteiger charge is -2.27. The van der Waals surface area contributed by atoms with E-state index in [2.05, 4.69) is 20.6 Å². The average molecular weight is 335 g/mol. The lowest BCUT2D eigenvalue weighted by Crippen LogP contribution is -2.44. The van der Waals surface area contributed by atoms with Gasteiger partial charge in [0, 0.05) is 6.20 Å². The molecule has 0 aromatic carbocycles. The second-order valence-electron chi connectivity index (χ2n) is 6.15. The Morgan fingerprint density at radius 1 is 1.50 bits per heavy atom. The maximum Gasteiger partial charge on any atom is 0.243 e. The van der Waals surface area contributed by atoms with E-state index in [1.54, 1.807) is 6.20 Å². The molecule has 2 aliphatic heterocycles. The molecule has 1 saturated heterocycles. The molecule has 0 radical (unpaired) electrons. The summed E-state index contributed by atoms with van der Waals surface area (Å²) >= 11 is 0. The number of hydrogen-bond donors (Lipinski definition) is 5. The first-order chi connectivity index (χ1) is 11.4. The summed E-state index contributed by atoms with van der Waals surface area (Å²) in [7, 11) is 0. The van der Waals surface area contributed by atoms with Crippen LogP contribution in [0.15, 0.2) is 12.5 Å². The first-order valence-electron chi connectivity index (χ1n) is 7.49. The minimum absolute atomic E-state index is 0.0870. The molecule has 24 heavy (non-hydrogen) atoms. The van der Waals surface area contributed by atoms with Gasteiger partial charge in [0.15, 0.2) is 6.23 Å². The van der Waals surface area contributed by atoms with Crippen LogP contribution in [-0.4, -0.2) is 66.7 Å². The lowest BCUT2D eigenvalue weighted by molar-refractivity contribution is -0.114. The van der Waals surface area contributed by atoms with Gasteiger partial charge in [0.25, 0.3) is 0 Å². The van der Waals surface area contributed by atoms with Crippen molar-refractivity contribution in [2.75, 3.05) is 23.8 Å². The van der Waals surface area contributed by atoms with E-state index in [-0.39, 0.29) is 12.5 Å². The fourth-order valence-electron chi connectivity index (χ4n) is 3.24. The second-order valence-corrected chi connectivity index (χ2v) is 6.15. The molecule has 2 aromatic rings. The Morgan fingerprint density at radius 3 is 3.00 bits per heavy atom. The van der Waals surface area contributed by atoms with Crippen molar-refractivity contribution in [2.45, 2.75) is 31.0 Å². The number of anilines is 2. The number of aliphatic hydroxyl groups is 3. The van der Waals surface area contributed by atoms with E-state index >= 15 is 0 Å². The van der Waals surface area contributed by atoms with Crippen LogP contribution < -0.4 is 10.6 Å². The van der Waals surface area contributed by atoms with Gasteiger partial charge in [-0.25, -0.2) is 9.97 Å². The minimum Gasteiger partial charge on any atom is -0.394 e. The Hall–Kier alpha value is -2.27. The van der Waals surface area contributed by atoms with E-state index in [0.29, 0.717) is 22.5 Å². The molecule has 0 saturated carbocycles. The molecule has 0 aliphatic carbocycles. The summed E-state index contributed by atoms with van der Waals surface area (Å²) in [5.41, 5.74) is -0.735. The molecular weight excluding hydrogens is 318 g/mol. The second kappa shape index (κ2) is 5.11. The highest BCUT2D eigenvalue weighted by molar-refractivity contribution is 6.09. The van der Waals surface area contributed by atoms with Crippen LogP contribution in [0.2, 0.25) is 0 Å². The summed E-state index contributed by atoms with van der Waals surface area (Å²) < 4.78 is 7.16. The molecule has 128 valence electrons. The molecule has 1 amide bonds. The highest BCUT2D eigenvalue weighted by Gasteiger charge is 2.53. The lowest BCUT2D eigenvalue weighted by atomic mass is 9.96. The summed E-state index contributed by atoms with van der Waals surface area (Å²) in [5, 5.41) is 36.4. The topological polar surface area (TPSA) is 142 Å². The highest BCUT2D eigenvalue weighted by atomic mass is 16.6. The number of aromatic nitrogens is 3. The van der Waals surface area contributed by atoms with Gasteiger partial charge >= 0.3 is 0 Å². The van der Waals surface area contributed by atoms with Crippen molar-refractivity contribution in [1.82, 2.24) is 14.5 Å². The minimum atomic E-state index is -1.65. The van der Waals surface area contributed by atoms with E-state index < -0.39 is 30.6 Å². The predicted molar refractivity (Wildman–Crippen MR) is 82.3 cm³/mol. The monoisotopic (exact) mass is 335 g/mol. The molecule has 4 rings (SSSR count). The number of aliphatic hydroxyl groups excluding tert-OH is 2. The van der Waals surface area contributed by atoms with E-state index in [4.69, 9.17) is 4.74 Å². The van der Waals surface area contributed by atoms with Gasteiger partial charge in [-0.15, -0.1) is 0 Å². The van der Waals surface area contributed by atoms with Gasteiger partial charge < -0.3 is 35.3 Å². The number of nitrogens with one attached hydrogen (secondary N) is 2. The Bertz CT molecular complexity index is 819. The van der Waals surface area contributed by atoms with Crippen molar-refractivity contribution in [2.24, 2.45) is 0 Å². The predicted octanol–water partition coefficient (Wildman–Crippen LogP) is -1.20. The first-order valence-corrected chi connectivity index (χ1v) is 7.49. The molecule has 4 atom stereocenters. The Balaban J connectivity index is 1.88. The Labute approximate surface area is 136 Å². The number of ether oxygens (including phenoxy) is 1. The van der Waals surface area contributed by atoms with Crippen molar-refractivity contribution in [3.8, 4) is 0 Å². The normalized spacial score (nSPS) is 32.5. The Kier molecular flexibility index (Phi) is 3.25. The van der Waals surface area contributed by atoms with Gasteiger partial charge in [0.2, 0.25) is 5.91 Å². The van der Waals surface area contributed by atoms with Crippen molar-refractivity contribution < 1.29 is 24.9 Å². The largest absolute Gasteiger partial charge is 0.394 e. The van der Waals surface area contributed by atoms with Crippen LogP contribution in [0, 0.1) is 0 Å². The summed E-state index contributed by atoms with van der Waals surface area (Å²) in [5.74, 6) is 0.253. The van der Waals surface area contributed by atoms with Crippen molar-refractivity contribution >= 4 is 28.4 Å². The van der Waals surface area contributed by atoms with Gasteiger partial charge in [-0.2, -0.15) is 0 Å². The van der Waals surface area contributed by atoms with Crippen molar-refractivity contribution in [3.05, 3.63) is 12.5 Å². The fraction of sp³-hybridized carbons (Fsp3) is 0.500. The summed E-state index contributed by atoms with van der Waals surface area (Å²) in [6.07, 6.45) is -0.257. The number of amides is 1. The van der Waals surface area contributed by atoms with Crippen LogP contribution in [0.25, 0.3) is 11.0 Å². The summed E-state index contributed by atoms with van der Waals surface area (Å²) in [6, 6.07) is 0. The first kappa shape index (κ1) is 15.3. The molecule has 4 heterocycles. The third-order valence-corrected chi connectivity index (χ3v) is 4.49. The van der Waals surface area contributed by atoms with Crippen LogP contribution in [-0.2, 0) is 9.53 Å². The summed E-state index contributed by atoms with van der Waals surface area (Å²) in [6.45, 7) is 1.08. The number of rotatable bonds is 2. The summed E-state index contributed by atoms with van der Waals surface area (Å²) in [4.78, 5) is 20.2.